The minimum absolute atomic E-state index is 0.919. The molecule has 0 aliphatic carbocycles. The van der Waals surface area contributed by atoms with Crippen molar-refractivity contribution in [3.63, 3.8) is 0 Å². The molecule has 0 atom stereocenters. The Morgan fingerprint density at radius 3 is 1.33 bits per heavy atom. The minimum atomic E-state index is 0.919. The fourth-order valence-electron chi connectivity index (χ4n) is 7.66. The molecule has 0 fully saturated rings. The van der Waals surface area contributed by atoms with Gasteiger partial charge in [0.05, 0.1) is 0 Å². The van der Waals surface area contributed by atoms with Crippen molar-refractivity contribution < 1.29 is 4.42 Å². The van der Waals surface area contributed by atoms with Crippen molar-refractivity contribution in [1.82, 2.24) is 0 Å². The molecule has 0 saturated carbocycles. The van der Waals surface area contributed by atoms with E-state index in [0.717, 1.165) is 33.6 Å². The first kappa shape index (κ1) is 30.0. The average molecular weight is 664 g/mol. The van der Waals surface area contributed by atoms with E-state index in [1.54, 1.807) is 0 Å². The second-order valence-corrected chi connectivity index (χ2v) is 13.3. The van der Waals surface area contributed by atoms with Gasteiger partial charge in [0.15, 0.2) is 0 Å². The Bertz CT molecular complexity index is 2770. The van der Waals surface area contributed by atoms with E-state index in [1.165, 1.54) is 60.3 Å². The number of furan rings is 1. The monoisotopic (exact) mass is 663 g/mol. The summed E-state index contributed by atoms with van der Waals surface area (Å²) in [4.78, 5) is 2.34. The van der Waals surface area contributed by atoms with Crippen molar-refractivity contribution in [2.75, 3.05) is 4.90 Å². The molecular weight excluding hydrogens is 631 g/mol. The van der Waals surface area contributed by atoms with Crippen LogP contribution in [0.3, 0.4) is 0 Å². The summed E-state index contributed by atoms with van der Waals surface area (Å²) in [5.41, 5.74) is 12.3. The molecule has 1 heterocycles. The molecule has 0 spiro atoms. The summed E-state index contributed by atoms with van der Waals surface area (Å²) in [5, 5.41) is 7.23. The first-order chi connectivity index (χ1) is 25.8. The van der Waals surface area contributed by atoms with Crippen LogP contribution in [0, 0.1) is 0 Å². The fourth-order valence-corrected chi connectivity index (χ4v) is 7.66. The van der Waals surface area contributed by atoms with Gasteiger partial charge in [-0.15, -0.1) is 0 Å². The molecule has 0 saturated heterocycles. The first-order valence-electron chi connectivity index (χ1n) is 17.8. The van der Waals surface area contributed by atoms with E-state index in [-0.39, 0.29) is 0 Å². The molecule has 0 radical (unpaired) electrons. The molecule has 9 aromatic carbocycles. The summed E-state index contributed by atoms with van der Waals surface area (Å²) in [7, 11) is 0. The molecule has 10 rings (SSSR count). The van der Waals surface area contributed by atoms with E-state index in [9.17, 15) is 0 Å². The van der Waals surface area contributed by atoms with E-state index in [0.29, 0.717) is 0 Å². The molecule has 2 nitrogen and oxygen atoms in total. The molecule has 0 N–H and O–H groups in total. The van der Waals surface area contributed by atoms with Gasteiger partial charge in [0.2, 0.25) is 0 Å². The number of anilines is 3. The largest absolute Gasteiger partial charge is 0.456 e. The SMILES string of the molecule is c1ccc(-c2ccc(N(c3ccc(-c4ccccc4)cc3)c3ccc(-c4ccc5ccc6ccc7oc8ccccc8c7c6c5c4)cc3)cc2)cc1. The average Bonchev–Trinajstić information content (AvgIpc) is 3.61. The van der Waals surface area contributed by atoms with Crippen LogP contribution < -0.4 is 4.90 Å². The van der Waals surface area contributed by atoms with Gasteiger partial charge in [-0.3, -0.25) is 0 Å². The summed E-state index contributed by atoms with van der Waals surface area (Å²) in [6.07, 6.45) is 0. The standard InChI is InChI=1S/C50H33NO/c1-3-9-34(10-4-1)36-19-26-42(27-20-36)51(43-28-21-37(22-29-43)35-11-5-2-6-12-35)44-30-23-38(24-31-44)41-18-16-39-15-17-40-25-32-48-50(49(40)46(39)33-41)45-13-7-8-14-47(45)52-48/h1-33H. The quantitative estimate of drug-likeness (QED) is 0.165. The number of para-hydroxylation sites is 1. The van der Waals surface area contributed by atoms with Gasteiger partial charge in [0, 0.05) is 33.2 Å². The molecular formula is C50H33NO. The summed E-state index contributed by atoms with van der Waals surface area (Å²) in [6.45, 7) is 0. The number of fused-ring (bicyclic) bond motifs is 7. The summed E-state index contributed by atoms with van der Waals surface area (Å²) >= 11 is 0. The predicted molar refractivity (Wildman–Crippen MR) is 220 cm³/mol. The van der Waals surface area contributed by atoms with Crippen molar-refractivity contribution in [2.24, 2.45) is 0 Å². The van der Waals surface area contributed by atoms with Gasteiger partial charge >= 0.3 is 0 Å². The zero-order valence-electron chi connectivity index (χ0n) is 28.4. The van der Waals surface area contributed by atoms with Gasteiger partial charge in [0.1, 0.15) is 11.2 Å². The van der Waals surface area contributed by atoms with Crippen LogP contribution in [0.15, 0.2) is 205 Å². The number of nitrogens with zero attached hydrogens (tertiary/aromatic N) is 1. The van der Waals surface area contributed by atoms with E-state index < -0.39 is 0 Å². The molecule has 2 heteroatoms. The number of benzene rings is 9. The number of hydrogen-bond acceptors (Lipinski definition) is 2. The summed E-state index contributed by atoms with van der Waals surface area (Å²) < 4.78 is 6.29. The zero-order chi connectivity index (χ0) is 34.4. The molecule has 244 valence electrons. The normalized spacial score (nSPS) is 11.5. The highest BCUT2D eigenvalue weighted by Crippen LogP contribution is 2.41. The molecule has 0 unspecified atom stereocenters. The van der Waals surface area contributed by atoms with Crippen molar-refractivity contribution in [3.8, 4) is 33.4 Å². The number of rotatable bonds is 6. The van der Waals surface area contributed by atoms with Crippen LogP contribution >= 0.6 is 0 Å². The molecule has 0 aliphatic rings. The van der Waals surface area contributed by atoms with Crippen LogP contribution in [0.1, 0.15) is 0 Å². The molecule has 52 heavy (non-hydrogen) atoms. The molecule has 1 aromatic heterocycles. The van der Waals surface area contributed by atoms with Gasteiger partial charge < -0.3 is 9.32 Å². The lowest BCUT2D eigenvalue weighted by Gasteiger charge is -2.26. The lowest BCUT2D eigenvalue weighted by Crippen LogP contribution is -2.09. The van der Waals surface area contributed by atoms with Gasteiger partial charge in [-0.2, -0.15) is 0 Å². The second-order valence-electron chi connectivity index (χ2n) is 13.3. The van der Waals surface area contributed by atoms with Crippen LogP contribution in [-0.2, 0) is 0 Å². The summed E-state index contributed by atoms with van der Waals surface area (Å²) in [5.74, 6) is 0. The van der Waals surface area contributed by atoms with Crippen LogP contribution in [-0.4, -0.2) is 0 Å². The zero-order valence-corrected chi connectivity index (χ0v) is 28.4. The molecule has 10 aromatic rings. The Morgan fingerprint density at radius 1 is 0.288 bits per heavy atom. The van der Waals surface area contributed by atoms with Gasteiger partial charge in [-0.1, -0.05) is 146 Å². The lowest BCUT2D eigenvalue weighted by molar-refractivity contribution is 0.669. The maximum absolute atomic E-state index is 6.29. The van der Waals surface area contributed by atoms with Crippen molar-refractivity contribution in [3.05, 3.63) is 200 Å². The van der Waals surface area contributed by atoms with E-state index in [1.807, 2.05) is 6.07 Å². The second kappa shape index (κ2) is 12.5. The van der Waals surface area contributed by atoms with Crippen LogP contribution in [0.2, 0.25) is 0 Å². The lowest BCUT2D eigenvalue weighted by atomic mass is 9.94. The van der Waals surface area contributed by atoms with Gasteiger partial charge in [-0.05, 0) is 104 Å². The maximum Gasteiger partial charge on any atom is 0.136 e. The molecule has 0 aliphatic heterocycles. The van der Waals surface area contributed by atoms with Gasteiger partial charge in [0.25, 0.3) is 0 Å². The van der Waals surface area contributed by atoms with E-state index in [4.69, 9.17) is 4.42 Å². The van der Waals surface area contributed by atoms with Gasteiger partial charge in [-0.25, -0.2) is 0 Å². The Kier molecular flexibility index (Phi) is 7.18. The Balaban J connectivity index is 1.06. The third-order valence-corrected chi connectivity index (χ3v) is 10.3. The van der Waals surface area contributed by atoms with Crippen molar-refractivity contribution in [2.45, 2.75) is 0 Å². The Morgan fingerprint density at radius 2 is 0.731 bits per heavy atom. The number of hydrogen-bond donors (Lipinski definition) is 0. The summed E-state index contributed by atoms with van der Waals surface area (Å²) in [6, 6.07) is 71.7. The highest BCUT2D eigenvalue weighted by atomic mass is 16.3. The molecule has 0 bridgehead atoms. The minimum Gasteiger partial charge on any atom is -0.456 e. The smallest absolute Gasteiger partial charge is 0.136 e. The van der Waals surface area contributed by atoms with Crippen molar-refractivity contribution in [1.29, 1.82) is 0 Å². The first-order valence-corrected chi connectivity index (χ1v) is 17.8. The highest BCUT2D eigenvalue weighted by molar-refractivity contribution is 6.26. The third kappa shape index (κ3) is 5.21. The Labute approximate surface area is 302 Å². The maximum atomic E-state index is 6.29. The fraction of sp³-hybridized carbons (Fsp3) is 0. The van der Waals surface area contributed by atoms with Crippen LogP contribution in [0.5, 0.6) is 0 Å². The molecule has 0 amide bonds. The van der Waals surface area contributed by atoms with Crippen molar-refractivity contribution >= 4 is 60.5 Å². The highest BCUT2D eigenvalue weighted by Gasteiger charge is 2.16. The van der Waals surface area contributed by atoms with Crippen LogP contribution in [0.4, 0.5) is 17.1 Å². The predicted octanol–water partition coefficient (Wildman–Crippen LogP) is 14.4. The Hall–Kier alpha value is -6.90. The third-order valence-electron chi connectivity index (χ3n) is 10.3. The van der Waals surface area contributed by atoms with Crippen LogP contribution in [0.25, 0.3) is 76.9 Å². The van der Waals surface area contributed by atoms with E-state index in [2.05, 4.69) is 199 Å². The topological polar surface area (TPSA) is 16.4 Å². The van der Waals surface area contributed by atoms with E-state index >= 15 is 0 Å².